The van der Waals surface area contributed by atoms with Crippen LogP contribution in [0.1, 0.15) is 37.0 Å². The topological polar surface area (TPSA) is 58.4 Å². The van der Waals surface area contributed by atoms with Crippen molar-refractivity contribution in [1.82, 2.24) is 5.32 Å². The molecule has 0 bridgehead atoms. The summed E-state index contributed by atoms with van der Waals surface area (Å²) in [6, 6.07) is 8.54. The number of benzene rings is 1. The number of nitrogens with zero attached hydrogens (tertiary/aromatic N) is 1. The zero-order valence-electron chi connectivity index (χ0n) is 11.7. The molecule has 1 aromatic rings. The zero-order valence-corrected chi connectivity index (χ0v) is 11.7. The molecular weight excluding hydrogens is 238 g/mol. The monoisotopic (exact) mass is 261 g/mol. The van der Waals surface area contributed by atoms with Gasteiger partial charge in [0.1, 0.15) is 0 Å². The Morgan fingerprint density at radius 3 is 2.74 bits per heavy atom. The molecule has 1 aliphatic rings. The highest BCUT2D eigenvalue weighted by atomic mass is 16.1. The lowest BCUT2D eigenvalue weighted by molar-refractivity contribution is 0.100. The molecule has 1 aliphatic heterocycles. The lowest BCUT2D eigenvalue weighted by Crippen LogP contribution is -2.56. The number of para-hydroxylation sites is 1. The molecule has 0 aliphatic carbocycles. The van der Waals surface area contributed by atoms with Gasteiger partial charge in [-0.1, -0.05) is 26.0 Å². The average Bonchev–Trinajstić information content (AvgIpc) is 2.46. The Balaban J connectivity index is 2.33. The minimum Gasteiger partial charge on any atom is -0.366 e. The van der Waals surface area contributed by atoms with Gasteiger partial charge >= 0.3 is 0 Å². The molecule has 4 nitrogen and oxygen atoms in total. The number of rotatable bonds is 4. The fourth-order valence-electron chi connectivity index (χ4n) is 2.73. The summed E-state index contributed by atoms with van der Waals surface area (Å²) < 4.78 is 0. The molecule has 2 rings (SSSR count). The van der Waals surface area contributed by atoms with Crippen molar-refractivity contribution in [2.75, 3.05) is 18.0 Å². The van der Waals surface area contributed by atoms with Crippen LogP contribution in [-0.4, -0.2) is 31.1 Å². The molecule has 1 amide bonds. The number of hydrogen-bond donors (Lipinski definition) is 2. The van der Waals surface area contributed by atoms with Crippen molar-refractivity contribution in [2.45, 2.75) is 38.8 Å². The fourth-order valence-corrected chi connectivity index (χ4v) is 2.73. The number of nitrogens with two attached hydrogens (primary N) is 1. The van der Waals surface area contributed by atoms with E-state index in [0.29, 0.717) is 17.6 Å². The van der Waals surface area contributed by atoms with Gasteiger partial charge in [-0.2, -0.15) is 0 Å². The van der Waals surface area contributed by atoms with Crippen LogP contribution in [-0.2, 0) is 0 Å². The van der Waals surface area contributed by atoms with Gasteiger partial charge in [-0.15, -0.1) is 0 Å². The first-order valence-corrected chi connectivity index (χ1v) is 7.06. The summed E-state index contributed by atoms with van der Waals surface area (Å²) in [5, 5.41) is 3.56. The van der Waals surface area contributed by atoms with Crippen LogP contribution in [0.3, 0.4) is 0 Å². The Kier molecular flexibility index (Phi) is 4.43. The number of hydrogen-bond acceptors (Lipinski definition) is 3. The standard InChI is InChI=1S/C15H23N3O/c1-3-11-10-18(12(4-2)9-17-11)14-8-6-5-7-13(14)15(16)19/h5-8,11-12,17H,3-4,9-10H2,1-2H3,(H2,16,19). The van der Waals surface area contributed by atoms with Gasteiger partial charge in [-0.25, -0.2) is 0 Å². The van der Waals surface area contributed by atoms with Crippen LogP contribution in [0, 0.1) is 0 Å². The van der Waals surface area contributed by atoms with Gasteiger partial charge in [0.2, 0.25) is 0 Å². The largest absolute Gasteiger partial charge is 0.366 e. The second kappa shape index (κ2) is 6.06. The normalized spacial score (nSPS) is 23.4. The predicted octanol–water partition coefficient (Wildman–Crippen LogP) is 1.75. The van der Waals surface area contributed by atoms with E-state index in [1.54, 1.807) is 0 Å². The maximum absolute atomic E-state index is 11.6. The summed E-state index contributed by atoms with van der Waals surface area (Å²) in [5.74, 6) is -0.350. The van der Waals surface area contributed by atoms with Gasteiger partial charge in [0.15, 0.2) is 0 Å². The second-order valence-corrected chi connectivity index (χ2v) is 5.11. The summed E-state index contributed by atoms with van der Waals surface area (Å²) in [4.78, 5) is 13.9. The van der Waals surface area contributed by atoms with E-state index in [9.17, 15) is 4.79 Å². The highest BCUT2D eigenvalue weighted by molar-refractivity contribution is 5.98. The molecule has 1 aromatic carbocycles. The van der Waals surface area contributed by atoms with Gasteiger partial charge in [0.25, 0.3) is 5.91 Å². The molecule has 3 N–H and O–H groups in total. The Bertz CT molecular complexity index is 447. The Morgan fingerprint density at radius 2 is 2.11 bits per heavy atom. The first-order chi connectivity index (χ1) is 9.17. The van der Waals surface area contributed by atoms with Crippen molar-refractivity contribution in [1.29, 1.82) is 0 Å². The van der Waals surface area contributed by atoms with E-state index in [-0.39, 0.29) is 5.91 Å². The lowest BCUT2D eigenvalue weighted by Gasteiger charge is -2.42. The van der Waals surface area contributed by atoms with Crippen molar-refractivity contribution in [3.05, 3.63) is 29.8 Å². The van der Waals surface area contributed by atoms with E-state index in [1.807, 2.05) is 24.3 Å². The van der Waals surface area contributed by atoms with Crippen LogP contribution >= 0.6 is 0 Å². The molecule has 2 atom stereocenters. The first-order valence-electron chi connectivity index (χ1n) is 7.06. The van der Waals surface area contributed by atoms with E-state index in [2.05, 4.69) is 24.1 Å². The molecule has 1 heterocycles. The summed E-state index contributed by atoms with van der Waals surface area (Å²) in [6.07, 6.45) is 2.14. The third kappa shape index (κ3) is 2.89. The number of nitrogens with one attached hydrogen (secondary N) is 1. The molecule has 0 aromatic heterocycles. The van der Waals surface area contributed by atoms with Crippen LogP contribution in [0.2, 0.25) is 0 Å². The second-order valence-electron chi connectivity index (χ2n) is 5.11. The number of carbonyl (C=O) groups is 1. The molecule has 1 fully saturated rings. The maximum atomic E-state index is 11.6. The summed E-state index contributed by atoms with van der Waals surface area (Å²) >= 11 is 0. The lowest BCUT2D eigenvalue weighted by atomic mass is 10.0. The van der Waals surface area contributed by atoms with Crippen LogP contribution in [0.4, 0.5) is 5.69 Å². The Hall–Kier alpha value is -1.55. The number of amides is 1. The predicted molar refractivity (Wildman–Crippen MR) is 78.5 cm³/mol. The smallest absolute Gasteiger partial charge is 0.250 e. The van der Waals surface area contributed by atoms with Crippen LogP contribution in [0.15, 0.2) is 24.3 Å². The third-order valence-electron chi connectivity index (χ3n) is 3.94. The molecule has 19 heavy (non-hydrogen) atoms. The minimum atomic E-state index is -0.350. The van der Waals surface area contributed by atoms with Crippen molar-refractivity contribution >= 4 is 11.6 Å². The van der Waals surface area contributed by atoms with E-state index in [0.717, 1.165) is 31.6 Å². The van der Waals surface area contributed by atoms with E-state index in [4.69, 9.17) is 5.73 Å². The van der Waals surface area contributed by atoms with E-state index >= 15 is 0 Å². The molecule has 0 saturated carbocycles. The van der Waals surface area contributed by atoms with Crippen molar-refractivity contribution < 1.29 is 4.79 Å². The van der Waals surface area contributed by atoms with Crippen molar-refractivity contribution in [2.24, 2.45) is 5.73 Å². The maximum Gasteiger partial charge on any atom is 0.250 e. The van der Waals surface area contributed by atoms with Crippen LogP contribution < -0.4 is 16.0 Å². The SMILES string of the molecule is CCC1CN(c2ccccc2C(N)=O)C(CC)CN1. The molecule has 104 valence electrons. The van der Waals surface area contributed by atoms with E-state index in [1.165, 1.54) is 0 Å². The summed E-state index contributed by atoms with van der Waals surface area (Å²) in [6.45, 7) is 6.25. The Labute approximate surface area is 115 Å². The zero-order chi connectivity index (χ0) is 13.8. The summed E-state index contributed by atoms with van der Waals surface area (Å²) in [5.41, 5.74) is 7.09. The highest BCUT2D eigenvalue weighted by Gasteiger charge is 2.27. The molecule has 1 saturated heterocycles. The quantitative estimate of drug-likeness (QED) is 0.868. The molecule has 0 spiro atoms. The van der Waals surface area contributed by atoms with Crippen molar-refractivity contribution in [3.8, 4) is 0 Å². The minimum absolute atomic E-state index is 0.350. The highest BCUT2D eigenvalue weighted by Crippen LogP contribution is 2.25. The van der Waals surface area contributed by atoms with Gasteiger partial charge < -0.3 is 16.0 Å². The van der Waals surface area contributed by atoms with Gasteiger partial charge in [0, 0.05) is 30.9 Å². The molecule has 0 radical (unpaired) electrons. The number of anilines is 1. The average molecular weight is 261 g/mol. The van der Waals surface area contributed by atoms with Gasteiger partial charge in [-0.3, -0.25) is 4.79 Å². The van der Waals surface area contributed by atoms with Crippen LogP contribution in [0.5, 0.6) is 0 Å². The van der Waals surface area contributed by atoms with E-state index < -0.39 is 0 Å². The summed E-state index contributed by atoms with van der Waals surface area (Å²) in [7, 11) is 0. The van der Waals surface area contributed by atoms with Crippen LogP contribution in [0.25, 0.3) is 0 Å². The van der Waals surface area contributed by atoms with Crippen molar-refractivity contribution in [3.63, 3.8) is 0 Å². The first kappa shape index (κ1) is 13.9. The number of piperazine rings is 1. The molecule has 2 unspecified atom stereocenters. The molecular formula is C15H23N3O. The number of primary amides is 1. The third-order valence-corrected chi connectivity index (χ3v) is 3.94. The number of carbonyl (C=O) groups excluding carboxylic acids is 1. The molecule has 4 heteroatoms. The fraction of sp³-hybridized carbons (Fsp3) is 0.533. The van der Waals surface area contributed by atoms with Gasteiger partial charge in [-0.05, 0) is 25.0 Å². The Morgan fingerprint density at radius 1 is 1.37 bits per heavy atom. The van der Waals surface area contributed by atoms with Gasteiger partial charge in [0.05, 0.1) is 5.56 Å².